The molecule has 1 N–H and O–H groups in total. The van der Waals surface area contributed by atoms with Crippen LogP contribution in [0.5, 0.6) is 11.5 Å². The van der Waals surface area contributed by atoms with Gasteiger partial charge >= 0.3 is 6.01 Å². The summed E-state index contributed by atoms with van der Waals surface area (Å²) < 4.78 is 15.5. The number of ether oxygens (including phenoxy) is 2. The first-order valence-electron chi connectivity index (χ1n) is 6.07. The Bertz CT molecular complexity index is 599. The van der Waals surface area contributed by atoms with E-state index < -0.39 is 0 Å². The summed E-state index contributed by atoms with van der Waals surface area (Å²) in [5, 5.41) is 7.36. The molecule has 1 heterocycles. The van der Waals surface area contributed by atoms with Crippen molar-refractivity contribution in [2.75, 3.05) is 19.5 Å². The molecule has 0 saturated heterocycles. The topological polar surface area (TPSA) is 69.4 Å². The van der Waals surface area contributed by atoms with E-state index in [-0.39, 0.29) is 6.04 Å². The summed E-state index contributed by atoms with van der Waals surface area (Å²) in [6.45, 7) is 3.97. The molecule has 2 rings (SSSR count). The van der Waals surface area contributed by atoms with Gasteiger partial charge in [-0.2, -0.15) is 4.98 Å². The van der Waals surface area contributed by atoms with E-state index in [1.807, 2.05) is 13.8 Å². The third kappa shape index (κ3) is 2.96. The standard InChI is InChI=1S/C13H16ClN3O3/c1-7(2)15-13-16-12(17-20-13)8-5-9(14)11(19-4)10(6-8)18-3/h5-7H,1-4H3,(H,15,16,17). The fourth-order valence-electron chi connectivity index (χ4n) is 1.69. The Morgan fingerprint density at radius 2 is 2.00 bits per heavy atom. The third-order valence-corrected chi connectivity index (χ3v) is 2.81. The molecule has 20 heavy (non-hydrogen) atoms. The molecule has 108 valence electrons. The maximum absolute atomic E-state index is 6.15. The van der Waals surface area contributed by atoms with Gasteiger partial charge in [0, 0.05) is 11.6 Å². The molecule has 0 spiro atoms. The van der Waals surface area contributed by atoms with E-state index in [2.05, 4.69) is 15.5 Å². The van der Waals surface area contributed by atoms with Gasteiger partial charge in [0.2, 0.25) is 5.82 Å². The Morgan fingerprint density at radius 3 is 2.60 bits per heavy atom. The van der Waals surface area contributed by atoms with E-state index in [0.717, 1.165) is 0 Å². The van der Waals surface area contributed by atoms with Crippen LogP contribution in [0, 0.1) is 0 Å². The minimum atomic E-state index is 0.206. The average molecular weight is 298 g/mol. The lowest BCUT2D eigenvalue weighted by Crippen LogP contribution is -2.09. The first kappa shape index (κ1) is 14.5. The van der Waals surface area contributed by atoms with Crippen molar-refractivity contribution < 1.29 is 14.0 Å². The van der Waals surface area contributed by atoms with Gasteiger partial charge in [-0.05, 0) is 26.0 Å². The third-order valence-electron chi connectivity index (χ3n) is 2.53. The molecule has 0 aliphatic rings. The number of halogens is 1. The van der Waals surface area contributed by atoms with Crippen LogP contribution < -0.4 is 14.8 Å². The molecule has 7 heteroatoms. The second-order valence-corrected chi connectivity index (χ2v) is 4.82. The summed E-state index contributed by atoms with van der Waals surface area (Å²) in [6.07, 6.45) is 0. The monoisotopic (exact) mass is 297 g/mol. The van der Waals surface area contributed by atoms with E-state index in [1.165, 1.54) is 7.11 Å². The van der Waals surface area contributed by atoms with Gasteiger partial charge in [-0.3, -0.25) is 0 Å². The van der Waals surface area contributed by atoms with E-state index in [9.17, 15) is 0 Å². The highest BCUT2D eigenvalue weighted by atomic mass is 35.5. The largest absolute Gasteiger partial charge is 0.493 e. The first-order valence-corrected chi connectivity index (χ1v) is 6.45. The van der Waals surface area contributed by atoms with Crippen molar-refractivity contribution in [3.63, 3.8) is 0 Å². The van der Waals surface area contributed by atoms with Crippen molar-refractivity contribution in [2.45, 2.75) is 19.9 Å². The van der Waals surface area contributed by atoms with Crippen LogP contribution in [-0.4, -0.2) is 30.4 Å². The Kier molecular flexibility index (Phi) is 4.34. The molecule has 2 aromatic rings. The maximum Gasteiger partial charge on any atom is 0.321 e. The number of rotatable bonds is 5. The van der Waals surface area contributed by atoms with Gasteiger partial charge in [0.15, 0.2) is 11.5 Å². The van der Waals surface area contributed by atoms with Crippen LogP contribution in [0.2, 0.25) is 5.02 Å². The highest BCUT2D eigenvalue weighted by molar-refractivity contribution is 6.32. The van der Waals surface area contributed by atoms with Crippen molar-refractivity contribution in [1.82, 2.24) is 10.1 Å². The number of benzene rings is 1. The zero-order chi connectivity index (χ0) is 14.7. The van der Waals surface area contributed by atoms with Gasteiger partial charge in [0.25, 0.3) is 0 Å². The highest BCUT2D eigenvalue weighted by Gasteiger charge is 2.15. The van der Waals surface area contributed by atoms with Gasteiger partial charge in [0.1, 0.15) is 0 Å². The zero-order valence-electron chi connectivity index (χ0n) is 11.7. The van der Waals surface area contributed by atoms with Crippen LogP contribution in [0.1, 0.15) is 13.8 Å². The van der Waals surface area contributed by atoms with Gasteiger partial charge in [0.05, 0.1) is 19.2 Å². The molecular formula is C13H16ClN3O3. The average Bonchev–Trinajstić information content (AvgIpc) is 2.85. The Labute approximate surface area is 122 Å². The molecule has 6 nitrogen and oxygen atoms in total. The molecule has 1 aromatic carbocycles. The molecule has 1 aromatic heterocycles. The van der Waals surface area contributed by atoms with Crippen molar-refractivity contribution in [3.05, 3.63) is 17.2 Å². The fourth-order valence-corrected chi connectivity index (χ4v) is 1.98. The maximum atomic E-state index is 6.15. The van der Waals surface area contributed by atoms with Gasteiger partial charge in [-0.1, -0.05) is 16.8 Å². The molecule has 0 atom stereocenters. The second-order valence-electron chi connectivity index (χ2n) is 4.42. The summed E-state index contributed by atoms with van der Waals surface area (Å²) in [7, 11) is 3.07. The number of nitrogens with one attached hydrogen (secondary N) is 1. The molecule has 0 saturated carbocycles. The van der Waals surface area contributed by atoms with Crippen LogP contribution in [0.4, 0.5) is 6.01 Å². The van der Waals surface area contributed by atoms with E-state index >= 15 is 0 Å². The Balaban J connectivity index is 2.37. The van der Waals surface area contributed by atoms with Crippen LogP contribution >= 0.6 is 11.6 Å². The molecule has 0 radical (unpaired) electrons. The summed E-state index contributed by atoms with van der Waals surface area (Å²) in [5.74, 6) is 1.41. The molecule has 0 aliphatic carbocycles. The summed E-state index contributed by atoms with van der Waals surface area (Å²) in [6, 6.07) is 4.01. The Morgan fingerprint density at radius 1 is 1.25 bits per heavy atom. The van der Waals surface area contributed by atoms with Gasteiger partial charge in [-0.15, -0.1) is 0 Å². The van der Waals surface area contributed by atoms with E-state index in [1.54, 1.807) is 19.2 Å². The second kappa shape index (κ2) is 6.00. The van der Waals surface area contributed by atoms with Crippen molar-refractivity contribution >= 4 is 17.6 Å². The smallest absolute Gasteiger partial charge is 0.321 e. The minimum Gasteiger partial charge on any atom is -0.493 e. The minimum absolute atomic E-state index is 0.206. The molecule has 0 unspecified atom stereocenters. The number of nitrogens with zero attached hydrogens (tertiary/aromatic N) is 2. The molecular weight excluding hydrogens is 282 g/mol. The summed E-state index contributed by atoms with van der Waals surface area (Å²) >= 11 is 6.15. The first-order chi connectivity index (χ1) is 9.55. The van der Waals surface area contributed by atoms with Gasteiger partial charge < -0.3 is 19.3 Å². The predicted molar refractivity (Wildman–Crippen MR) is 76.6 cm³/mol. The molecule has 0 bridgehead atoms. The highest BCUT2D eigenvalue weighted by Crippen LogP contribution is 2.38. The van der Waals surface area contributed by atoms with Crippen molar-refractivity contribution in [2.24, 2.45) is 0 Å². The normalized spacial score (nSPS) is 10.7. The van der Waals surface area contributed by atoms with E-state index in [4.69, 9.17) is 25.6 Å². The lowest BCUT2D eigenvalue weighted by molar-refractivity contribution is 0.355. The summed E-state index contributed by atoms with van der Waals surface area (Å²) in [4.78, 5) is 4.25. The van der Waals surface area contributed by atoms with Crippen LogP contribution in [0.3, 0.4) is 0 Å². The number of aromatic nitrogens is 2. The molecule has 0 amide bonds. The van der Waals surface area contributed by atoms with Crippen LogP contribution in [0.15, 0.2) is 16.7 Å². The van der Waals surface area contributed by atoms with E-state index in [0.29, 0.717) is 33.9 Å². The number of anilines is 1. The van der Waals surface area contributed by atoms with Crippen LogP contribution in [-0.2, 0) is 0 Å². The fraction of sp³-hybridized carbons (Fsp3) is 0.385. The van der Waals surface area contributed by atoms with Gasteiger partial charge in [-0.25, -0.2) is 0 Å². The lowest BCUT2D eigenvalue weighted by atomic mass is 10.2. The number of methoxy groups -OCH3 is 2. The lowest BCUT2D eigenvalue weighted by Gasteiger charge is -2.10. The quantitative estimate of drug-likeness (QED) is 0.914. The summed E-state index contributed by atoms with van der Waals surface area (Å²) in [5.41, 5.74) is 0.688. The van der Waals surface area contributed by atoms with Crippen molar-refractivity contribution in [3.8, 4) is 22.9 Å². The zero-order valence-corrected chi connectivity index (χ0v) is 12.5. The van der Waals surface area contributed by atoms with Crippen LogP contribution in [0.25, 0.3) is 11.4 Å². The SMILES string of the molecule is COc1cc(-c2noc(NC(C)C)n2)cc(Cl)c1OC. The molecule has 0 aliphatic heterocycles. The van der Waals surface area contributed by atoms with Crippen molar-refractivity contribution in [1.29, 1.82) is 0 Å². The molecule has 0 fully saturated rings. The predicted octanol–water partition coefficient (Wildman–Crippen LogP) is 3.23. The number of hydrogen-bond acceptors (Lipinski definition) is 6. The Hall–Kier alpha value is -1.95. The number of hydrogen-bond donors (Lipinski definition) is 1.